The van der Waals surface area contributed by atoms with Crippen molar-refractivity contribution >= 4 is 39.2 Å². The normalized spacial score (nSPS) is 19.7. The molecule has 1 aromatic rings. The Morgan fingerprint density at radius 2 is 1.37 bits per heavy atom. The van der Waals surface area contributed by atoms with Gasteiger partial charge in [0, 0.05) is 25.5 Å². The number of aliphatic hydroxyl groups excluding tert-OH is 2. The van der Waals surface area contributed by atoms with Crippen molar-refractivity contribution in [2.24, 2.45) is 5.92 Å². The van der Waals surface area contributed by atoms with Crippen LogP contribution in [0, 0.1) is 5.92 Å². The van der Waals surface area contributed by atoms with Gasteiger partial charge >= 0.3 is 33.3 Å². The summed E-state index contributed by atoms with van der Waals surface area (Å²) in [7, 11) is -10.9. The summed E-state index contributed by atoms with van der Waals surface area (Å²) < 4.78 is 56.6. The Labute approximate surface area is 414 Å². The average Bonchev–Trinajstić information content (AvgIpc) is 3.58. The fourth-order valence-corrected chi connectivity index (χ4v) is 9.26. The lowest BCUT2D eigenvalue weighted by Crippen LogP contribution is -2.36. The Morgan fingerprint density at radius 3 is 2.03 bits per heavy atom. The van der Waals surface area contributed by atoms with E-state index in [2.05, 4.69) is 30.1 Å². The molecule has 70 heavy (non-hydrogen) atoms. The van der Waals surface area contributed by atoms with Crippen LogP contribution < -0.4 is 11.4 Å². The number of unbranched alkanes of at least 4 members (excludes halogenated alkanes) is 13. The molecule has 0 spiro atoms. The molecule has 0 aliphatic carbocycles. The van der Waals surface area contributed by atoms with Crippen molar-refractivity contribution in [1.82, 2.24) is 9.55 Å². The number of phosphoric acid groups is 2. The molecule has 19 nitrogen and oxygen atoms in total. The van der Waals surface area contributed by atoms with E-state index >= 15 is 0 Å². The van der Waals surface area contributed by atoms with E-state index in [0.717, 1.165) is 68.0 Å². The van der Waals surface area contributed by atoms with Gasteiger partial charge in [0.05, 0.1) is 13.2 Å². The molecule has 0 saturated carbocycles. The van der Waals surface area contributed by atoms with Gasteiger partial charge in [0.25, 0.3) is 0 Å². The number of nitrogens with zero attached hydrogens (tertiary/aromatic N) is 2. The maximum atomic E-state index is 12.8. The standard InChI is InChI=1S/C49H81N3O16P2/c1-4-5-24-30-40(53)31-26-21-17-13-9-7-10-14-18-22-27-32-44(54)63-36-41(66-45(55)33-28-23-19-15-11-6-8-12-16-20-25-29-39(2)3)37-64-69(59,60)68-70(61,62)65-38-42-46(56)47(57)48(67-42)52-35-34-43(50)51-49(52)58/h7,9,14,17-18,21,26,31,34-35,39,41-42,46-48,56-57H,4-6,8,10-13,15-16,19-20,22-25,27-30,32-33,36-38H2,1-3H3,(H,59,60)(H,61,62)(H2,50,51,58)/b9-7-,18-14-,21-17-,31-26+/t41-,42-,46-,47-,48-/m1/s1. The van der Waals surface area contributed by atoms with Gasteiger partial charge in [0.1, 0.15) is 30.7 Å². The van der Waals surface area contributed by atoms with Crippen molar-refractivity contribution in [2.75, 3.05) is 25.6 Å². The van der Waals surface area contributed by atoms with Gasteiger partial charge in [0.2, 0.25) is 0 Å². The highest BCUT2D eigenvalue weighted by atomic mass is 31.3. The lowest BCUT2D eigenvalue weighted by molar-refractivity contribution is -0.161. The number of phosphoric ester groups is 2. The number of aromatic nitrogens is 2. The van der Waals surface area contributed by atoms with Crippen LogP contribution in [0.3, 0.4) is 0 Å². The molecule has 0 amide bonds. The second-order valence-electron chi connectivity index (χ2n) is 17.8. The van der Waals surface area contributed by atoms with Gasteiger partial charge in [-0.25, -0.2) is 13.9 Å². The zero-order chi connectivity index (χ0) is 51.6. The summed E-state index contributed by atoms with van der Waals surface area (Å²) in [5, 5.41) is 20.9. The van der Waals surface area contributed by atoms with E-state index in [9.17, 15) is 48.3 Å². The molecule has 2 unspecified atom stereocenters. The van der Waals surface area contributed by atoms with E-state index in [1.165, 1.54) is 51.0 Å². The Morgan fingerprint density at radius 1 is 0.771 bits per heavy atom. The first-order chi connectivity index (χ1) is 33.4. The molecule has 6 N–H and O–H groups in total. The van der Waals surface area contributed by atoms with Gasteiger partial charge < -0.3 is 39.9 Å². The molecule has 1 fully saturated rings. The van der Waals surface area contributed by atoms with Crippen LogP contribution in [-0.2, 0) is 51.1 Å². The molecule has 7 atom stereocenters. The van der Waals surface area contributed by atoms with Crippen LogP contribution in [0.4, 0.5) is 5.82 Å². The predicted molar refractivity (Wildman–Crippen MR) is 266 cm³/mol. The number of nitrogens with two attached hydrogens (primary N) is 1. The van der Waals surface area contributed by atoms with E-state index < -0.39 is 83.7 Å². The number of hydrogen-bond donors (Lipinski definition) is 5. The minimum absolute atomic E-state index is 0.0246. The van der Waals surface area contributed by atoms with Crippen molar-refractivity contribution in [3.63, 3.8) is 0 Å². The number of ketones is 1. The van der Waals surface area contributed by atoms with Gasteiger partial charge in [-0.15, -0.1) is 0 Å². The zero-order valence-corrected chi connectivity index (χ0v) is 43.3. The number of carbonyl (C=O) groups excluding carboxylic acids is 3. The molecular formula is C49H81N3O16P2. The molecule has 0 radical (unpaired) electrons. The summed E-state index contributed by atoms with van der Waals surface area (Å²) in [4.78, 5) is 73.6. The van der Waals surface area contributed by atoms with Crippen molar-refractivity contribution in [2.45, 2.75) is 193 Å². The predicted octanol–water partition coefficient (Wildman–Crippen LogP) is 9.20. The molecule has 1 aliphatic heterocycles. The van der Waals surface area contributed by atoms with Crippen molar-refractivity contribution < 1.29 is 71.1 Å². The molecule has 21 heteroatoms. The highest BCUT2D eigenvalue weighted by molar-refractivity contribution is 7.61. The number of anilines is 1. The van der Waals surface area contributed by atoms with E-state index in [0.29, 0.717) is 32.1 Å². The number of carbonyl (C=O) groups is 3. The molecular weight excluding hydrogens is 948 g/mol. The number of aliphatic hydroxyl groups is 2. The van der Waals surface area contributed by atoms with Gasteiger partial charge in [0.15, 0.2) is 18.1 Å². The van der Waals surface area contributed by atoms with E-state index in [-0.39, 0.29) is 24.4 Å². The first-order valence-electron chi connectivity index (χ1n) is 25.0. The van der Waals surface area contributed by atoms with Gasteiger partial charge in [-0.3, -0.25) is 28.0 Å². The second-order valence-corrected chi connectivity index (χ2v) is 20.9. The number of allylic oxidation sites excluding steroid dienone is 8. The third kappa shape index (κ3) is 29.7. The van der Waals surface area contributed by atoms with Crippen LogP contribution in [0.15, 0.2) is 65.7 Å². The summed E-state index contributed by atoms with van der Waals surface area (Å²) in [5.74, 6) is -0.518. The molecule has 1 saturated heterocycles. The lowest BCUT2D eigenvalue weighted by Gasteiger charge is -2.21. The van der Waals surface area contributed by atoms with Crippen molar-refractivity contribution in [3.05, 3.63) is 71.4 Å². The topological polar surface area (TPSA) is 283 Å². The first-order valence-corrected chi connectivity index (χ1v) is 28.0. The van der Waals surface area contributed by atoms with E-state index in [1.807, 2.05) is 36.5 Å². The highest BCUT2D eigenvalue weighted by Crippen LogP contribution is 2.60. The van der Waals surface area contributed by atoms with Crippen LogP contribution in [0.5, 0.6) is 0 Å². The minimum atomic E-state index is -5.44. The minimum Gasteiger partial charge on any atom is -0.462 e. The maximum absolute atomic E-state index is 12.8. The Kier molecular flexibility index (Phi) is 32.4. The van der Waals surface area contributed by atoms with Crippen molar-refractivity contribution in [1.29, 1.82) is 0 Å². The largest absolute Gasteiger partial charge is 0.481 e. The number of hydrogen-bond acceptors (Lipinski definition) is 16. The zero-order valence-electron chi connectivity index (χ0n) is 41.5. The molecule has 398 valence electrons. The summed E-state index contributed by atoms with van der Waals surface area (Å²) in [6.45, 7) is 4.21. The Bertz CT molecular complexity index is 1940. The SMILES string of the molecule is CCCCCC(=O)/C=C/C=C\C/C=C\C/C=C\CCCC(=O)OC[C@H](COP(=O)(O)OP(=O)(O)OC[C@H]1O[C@@H](n2ccc(N)nc2=O)[C@H](O)[C@@H]1O)OC(=O)CCCCCCCCCCCCCC(C)C. The number of esters is 2. The third-order valence-electron chi connectivity index (χ3n) is 11.1. The van der Waals surface area contributed by atoms with Crippen LogP contribution in [0.2, 0.25) is 0 Å². The van der Waals surface area contributed by atoms with Gasteiger partial charge in [-0.05, 0) is 56.6 Å². The number of ether oxygens (including phenoxy) is 3. The van der Waals surface area contributed by atoms with Crippen LogP contribution in [0.1, 0.15) is 168 Å². The smallest absolute Gasteiger partial charge is 0.462 e. The van der Waals surface area contributed by atoms with Gasteiger partial charge in [-0.2, -0.15) is 9.29 Å². The maximum Gasteiger partial charge on any atom is 0.481 e. The first kappa shape index (κ1) is 62.5. The lowest BCUT2D eigenvalue weighted by atomic mass is 10.0. The van der Waals surface area contributed by atoms with Crippen LogP contribution >= 0.6 is 15.6 Å². The number of nitrogen functional groups attached to an aromatic ring is 1. The summed E-state index contributed by atoms with van der Waals surface area (Å²) >= 11 is 0. The van der Waals surface area contributed by atoms with Crippen LogP contribution in [-0.4, -0.2) is 91.5 Å². The molecule has 1 aliphatic rings. The summed E-state index contributed by atoms with van der Waals surface area (Å²) in [6.07, 6.45) is 27.7. The van der Waals surface area contributed by atoms with Crippen LogP contribution in [0.25, 0.3) is 0 Å². The van der Waals surface area contributed by atoms with E-state index in [1.54, 1.807) is 12.2 Å². The monoisotopic (exact) mass is 1030 g/mol. The molecule has 2 rings (SSSR count). The fraction of sp³-hybridized carbons (Fsp3) is 0.694. The number of rotatable bonds is 40. The molecule has 2 heterocycles. The Hall–Kier alpha value is -3.61. The van der Waals surface area contributed by atoms with E-state index in [4.69, 9.17) is 29.0 Å². The van der Waals surface area contributed by atoms with Crippen molar-refractivity contribution in [3.8, 4) is 0 Å². The van der Waals surface area contributed by atoms with Gasteiger partial charge in [-0.1, -0.05) is 147 Å². The fourth-order valence-electron chi connectivity index (χ4n) is 7.15. The molecule has 0 bridgehead atoms. The average molecular weight is 1030 g/mol. The molecule has 1 aromatic heterocycles. The summed E-state index contributed by atoms with van der Waals surface area (Å²) in [6, 6.07) is 1.24. The Balaban J connectivity index is 1.84. The second kappa shape index (κ2) is 36.3. The quantitative estimate of drug-likeness (QED) is 0.0102. The highest BCUT2D eigenvalue weighted by Gasteiger charge is 2.46. The third-order valence-corrected chi connectivity index (χ3v) is 13.7. The summed E-state index contributed by atoms with van der Waals surface area (Å²) in [5.41, 5.74) is 4.57. The molecule has 0 aromatic carbocycles.